The maximum Gasteiger partial charge on any atom is 0.264 e. The molecular formula is C36H40FN3O4S. The monoisotopic (exact) mass is 629 g/mol. The molecule has 0 saturated heterocycles. The fourth-order valence-electron chi connectivity index (χ4n) is 5.00. The van der Waals surface area contributed by atoms with Gasteiger partial charge in [-0.25, -0.2) is 12.8 Å². The van der Waals surface area contributed by atoms with E-state index in [1.54, 1.807) is 42.5 Å². The predicted molar refractivity (Wildman–Crippen MR) is 176 cm³/mol. The summed E-state index contributed by atoms with van der Waals surface area (Å²) in [5.41, 5.74) is 3.50. The third kappa shape index (κ3) is 9.01. The molecule has 0 aromatic heterocycles. The number of anilines is 1. The summed E-state index contributed by atoms with van der Waals surface area (Å²) < 4.78 is 43.1. The highest BCUT2D eigenvalue weighted by molar-refractivity contribution is 7.92. The minimum Gasteiger partial charge on any atom is -0.354 e. The minimum absolute atomic E-state index is 0.0238. The molecule has 0 aliphatic heterocycles. The fraction of sp³-hybridized carbons (Fsp3) is 0.278. The van der Waals surface area contributed by atoms with E-state index >= 15 is 0 Å². The number of unbranched alkanes of at least 4 members (excludes halogenated alkanes) is 1. The number of benzene rings is 4. The van der Waals surface area contributed by atoms with E-state index in [1.807, 2.05) is 57.2 Å². The van der Waals surface area contributed by atoms with E-state index < -0.39 is 34.3 Å². The largest absolute Gasteiger partial charge is 0.354 e. The Bertz CT molecular complexity index is 1680. The average molecular weight is 630 g/mol. The lowest BCUT2D eigenvalue weighted by Crippen LogP contribution is -2.53. The Balaban J connectivity index is 1.78. The van der Waals surface area contributed by atoms with Crippen LogP contribution in [0.5, 0.6) is 0 Å². The van der Waals surface area contributed by atoms with E-state index in [9.17, 15) is 22.4 Å². The molecule has 9 heteroatoms. The lowest BCUT2D eigenvalue weighted by atomic mass is 10.0. The molecule has 1 N–H and O–H groups in total. The van der Waals surface area contributed by atoms with Crippen LogP contribution in [-0.4, -0.2) is 44.3 Å². The first kappa shape index (κ1) is 33.4. The molecule has 0 saturated carbocycles. The van der Waals surface area contributed by atoms with Crippen molar-refractivity contribution in [3.63, 3.8) is 0 Å². The number of hydrogen-bond acceptors (Lipinski definition) is 4. The molecule has 0 bridgehead atoms. The number of carbonyl (C=O) groups is 2. The van der Waals surface area contributed by atoms with E-state index in [4.69, 9.17) is 0 Å². The SMILES string of the molecule is CCCCNC(=O)[C@H](Cc1ccccc1)N(Cc1ccc(F)cc1)C(=O)CN(c1cccc(C)c1)S(=O)(=O)c1ccc(C)cc1. The Morgan fingerprint density at radius 2 is 1.51 bits per heavy atom. The van der Waals surface area contributed by atoms with Gasteiger partial charge in [0, 0.05) is 19.5 Å². The number of hydrogen-bond donors (Lipinski definition) is 1. The summed E-state index contributed by atoms with van der Waals surface area (Å²) in [7, 11) is -4.18. The van der Waals surface area contributed by atoms with Crippen LogP contribution in [-0.2, 0) is 32.6 Å². The van der Waals surface area contributed by atoms with Gasteiger partial charge in [0.1, 0.15) is 18.4 Å². The standard InChI is InChI=1S/C36H40FN3O4S/c1-4-5-22-38-36(42)34(24-29-11-7-6-8-12-29)39(25-30-16-18-31(37)19-17-30)35(41)26-40(32-13-9-10-28(3)23-32)45(43,44)33-20-14-27(2)15-21-33/h6-21,23,34H,4-5,22,24-26H2,1-3H3,(H,38,42)/t34-/m0/s1. The molecule has 0 unspecified atom stereocenters. The molecule has 0 aliphatic carbocycles. The molecule has 0 heterocycles. The zero-order chi connectivity index (χ0) is 32.4. The molecule has 45 heavy (non-hydrogen) atoms. The quantitative estimate of drug-likeness (QED) is 0.169. The number of rotatable bonds is 14. The Morgan fingerprint density at radius 1 is 0.822 bits per heavy atom. The molecule has 2 amide bonds. The van der Waals surface area contributed by atoms with Crippen LogP contribution in [0.3, 0.4) is 0 Å². The average Bonchev–Trinajstić information content (AvgIpc) is 3.03. The van der Waals surface area contributed by atoms with Crippen molar-refractivity contribution in [1.29, 1.82) is 0 Å². The number of sulfonamides is 1. The molecular weight excluding hydrogens is 589 g/mol. The first-order valence-corrected chi connectivity index (χ1v) is 16.5. The Morgan fingerprint density at radius 3 is 2.16 bits per heavy atom. The second kappa shape index (κ2) is 15.5. The van der Waals surface area contributed by atoms with Crippen molar-refractivity contribution in [2.24, 2.45) is 0 Å². The molecule has 236 valence electrons. The minimum atomic E-state index is -4.18. The highest BCUT2D eigenvalue weighted by Crippen LogP contribution is 2.26. The number of halogens is 1. The Kier molecular flexibility index (Phi) is 11.5. The summed E-state index contributed by atoms with van der Waals surface area (Å²) in [6.07, 6.45) is 1.86. The summed E-state index contributed by atoms with van der Waals surface area (Å²) in [4.78, 5) is 29.7. The molecule has 0 fully saturated rings. The van der Waals surface area contributed by atoms with Gasteiger partial charge in [-0.05, 0) is 73.4 Å². The van der Waals surface area contributed by atoms with Crippen molar-refractivity contribution >= 4 is 27.5 Å². The van der Waals surface area contributed by atoms with Gasteiger partial charge in [0.15, 0.2) is 0 Å². The molecule has 4 rings (SSSR count). The number of nitrogens with one attached hydrogen (secondary N) is 1. The number of amides is 2. The zero-order valence-electron chi connectivity index (χ0n) is 25.9. The van der Waals surface area contributed by atoms with Gasteiger partial charge in [-0.3, -0.25) is 13.9 Å². The molecule has 1 atom stereocenters. The van der Waals surface area contributed by atoms with Crippen molar-refractivity contribution < 1.29 is 22.4 Å². The van der Waals surface area contributed by atoms with E-state index in [2.05, 4.69) is 5.32 Å². The molecule has 0 aliphatic rings. The summed E-state index contributed by atoms with van der Waals surface area (Å²) >= 11 is 0. The van der Waals surface area contributed by atoms with E-state index in [0.717, 1.165) is 33.8 Å². The van der Waals surface area contributed by atoms with Crippen molar-refractivity contribution in [1.82, 2.24) is 10.2 Å². The van der Waals surface area contributed by atoms with E-state index in [1.165, 1.54) is 29.2 Å². The van der Waals surface area contributed by atoms with Crippen LogP contribution in [0.2, 0.25) is 0 Å². The fourth-order valence-corrected chi connectivity index (χ4v) is 6.40. The van der Waals surface area contributed by atoms with Gasteiger partial charge in [-0.1, -0.05) is 85.6 Å². The predicted octanol–water partition coefficient (Wildman–Crippen LogP) is 6.19. The van der Waals surface area contributed by atoms with Crippen LogP contribution in [0.15, 0.2) is 108 Å². The molecule has 4 aromatic carbocycles. The topological polar surface area (TPSA) is 86.8 Å². The smallest absolute Gasteiger partial charge is 0.264 e. The summed E-state index contributed by atoms with van der Waals surface area (Å²) in [5, 5.41) is 2.96. The summed E-state index contributed by atoms with van der Waals surface area (Å²) in [6, 6.07) is 27.5. The zero-order valence-corrected chi connectivity index (χ0v) is 26.8. The third-order valence-corrected chi connectivity index (χ3v) is 9.33. The van der Waals surface area contributed by atoms with Crippen LogP contribution in [0, 0.1) is 19.7 Å². The molecule has 7 nitrogen and oxygen atoms in total. The first-order valence-electron chi connectivity index (χ1n) is 15.1. The second-order valence-electron chi connectivity index (χ2n) is 11.2. The highest BCUT2D eigenvalue weighted by atomic mass is 32.2. The number of nitrogens with zero attached hydrogens (tertiary/aromatic N) is 2. The van der Waals surface area contributed by atoms with E-state index in [0.29, 0.717) is 17.8 Å². The van der Waals surface area contributed by atoms with Crippen molar-refractivity contribution in [2.45, 2.75) is 57.5 Å². The van der Waals surface area contributed by atoms with Gasteiger partial charge in [0.05, 0.1) is 10.6 Å². The molecule has 4 aromatic rings. The van der Waals surface area contributed by atoms with Crippen LogP contribution in [0.25, 0.3) is 0 Å². The maximum atomic E-state index is 14.4. The van der Waals surface area contributed by atoms with Crippen molar-refractivity contribution in [2.75, 3.05) is 17.4 Å². The summed E-state index contributed by atoms with van der Waals surface area (Å²) in [5.74, 6) is -1.33. The Labute approximate surface area is 265 Å². The van der Waals surface area contributed by atoms with Crippen molar-refractivity contribution in [3.8, 4) is 0 Å². The van der Waals surface area contributed by atoms with Gasteiger partial charge in [0.2, 0.25) is 11.8 Å². The lowest BCUT2D eigenvalue weighted by molar-refractivity contribution is -0.140. The van der Waals surface area contributed by atoms with Crippen molar-refractivity contribution in [3.05, 3.63) is 131 Å². The lowest BCUT2D eigenvalue weighted by Gasteiger charge is -2.34. The second-order valence-corrected chi connectivity index (χ2v) is 13.0. The van der Waals surface area contributed by atoms with Gasteiger partial charge in [0.25, 0.3) is 10.0 Å². The normalized spacial score (nSPS) is 11.9. The van der Waals surface area contributed by atoms with Crippen LogP contribution >= 0.6 is 0 Å². The third-order valence-electron chi connectivity index (χ3n) is 7.54. The Hall–Kier alpha value is -4.50. The number of aryl methyl sites for hydroxylation is 2. The highest BCUT2D eigenvalue weighted by Gasteiger charge is 2.34. The van der Waals surface area contributed by atoms with Crippen LogP contribution < -0.4 is 9.62 Å². The van der Waals surface area contributed by atoms with Crippen LogP contribution in [0.1, 0.15) is 42.0 Å². The van der Waals surface area contributed by atoms with Gasteiger partial charge in [-0.2, -0.15) is 0 Å². The number of carbonyl (C=O) groups excluding carboxylic acids is 2. The maximum absolute atomic E-state index is 14.4. The van der Waals surface area contributed by atoms with Gasteiger partial charge in [-0.15, -0.1) is 0 Å². The first-order chi connectivity index (χ1) is 21.6. The van der Waals surface area contributed by atoms with Gasteiger partial charge >= 0.3 is 0 Å². The van der Waals surface area contributed by atoms with E-state index in [-0.39, 0.29) is 23.8 Å². The molecule has 0 radical (unpaired) electrons. The van der Waals surface area contributed by atoms with Gasteiger partial charge < -0.3 is 10.2 Å². The van der Waals surface area contributed by atoms with Crippen LogP contribution in [0.4, 0.5) is 10.1 Å². The molecule has 0 spiro atoms. The summed E-state index contributed by atoms with van der Waals surface area (Å²) in [6.45, 7) is 5.60.